The first-order chi connectivity index (χ1) is 10.1. The van der Waals surface area contributed by atoms with Crippen molar-refractivity contribution in [3.8, 4) is 0 Å². The van der Waals surface area contributed by atoms with Crippen molar-refractivity contribution in [1.82, 2.24) is 10.2 Å². The number of rotatable bonds is 5. The van der Waals surface area contributed by atoms with Gasteiger partial charge in [0.2, 0.25) is 5.91 Å². The summed E-state index contributed by atoms with van der Waals surface area (Å²) in [6.07, 6.45) is 1.48. The number of amides is 2. The number of alkyl carbamates (subject to hydrolysis) is 1. The van der Waals surface area contributed by atoms with Crippen molar-refractivity contribution in [3.63, 3.8) is 0 Å². The van der Waals surface area contributed by atoms with Gasteiger partial charge >= 0.3 is 12.1 Å². The Kier molecular flexibility index (Phi) is 5.79. The number of hydrogen-bond acceptors (Lipinski definition) is 4. The van der Waals surface area contributed by atoms with Gasteiger partial charge in [-0.25, -0.2) is 9.59 Å². The van der Waals surface area contributed by atoms with Crippen LogP contribution in [0.3, 0.4) is 0 Å². The Morgan fingerprint density at radius 1 is 1.32 bits per heavy atom. The Bertz CT molecular complexity index is 444. The number of likely N-dealkylation sites (tertiary alicyclic amines) is 1. The fraction of sp³-hybridized carbons (Fsp3) is 0.800. The molecule has 0 saturated carbocycles. The molecule has 0 aromatic heterocycles. The zero-order chi connectivity index (χ0) is 17.0. The number of ether oxygens (including phenoxy) is 1. The molecule has 1 aliphatic rings. The summed E-state index contributed by atoms with van der Waals surface area (Å²) < 4.78 is 5.12. The van der Waals surface area contributed by atoms with Crippen LogP contribution in [0.25, 0.3) is 0 Å². The molecule has 1 fully saturated rings. The van der Waals surface area contributed by atoms with E-state index in [2.05, 4.69) is 5.32 Å². The van der Waals surface area contributed by atoms with Gasteiger partial charge in [0, 0.05) is 19.4 Å². The lowest BCUT2D eigenvalue weighted by molar-refractivity contribution is -0.144. The second kappa shape index (κ2) is 6.98. The lowest BCUT2D eigenvalue weighted by atomic mass is 9.99. The number of nitrogens with zero attached hydrogens (tertiary/aromatic N) is 1. The van der Waals surface area contributed by atoms with Gasteiger partial charge in [0.15, 0.2) is 5.54 Å². The molecule has 1 atom stereocenters. The fourth-order valence-electron chi connectivity index (χ4n) is 2.34. The van der Waals surface area contributed by atoms with Crippen LogP contribution in [0.1, 0.15) is 53.4 Å². The first-order valence-corrected chi connectivity index (χ1v) is 7.62. The van der Waals surface area contributed by atoms with E-state index in [1.807, 2.05) is 6.92 Å². The average molecular weight is 314 g/mol. The van der Waals surface area contributed by atoms with Crippen LogP contribution in [0, 0.1) is 0 Å². The van der Waals surface area contributed by atoms with Crippen molar-refractivity contribution in [2.75, 3.05) is 13.1 Å². The molecule has 1 unspecified atom stereocenters. The molecule has 2 amide bonds. The highest BCUT2D eigenvalue weighted by molar-refractivity contribution is 5.87. The molecule has 1 saturated heterocycles. The largest absolute Gasteiger partial charge is 0.479 e. The Labute approximate surface area is 131 Å². The number of aliphatic carboxylic acids is 1. The van der Waals surface area contributed by atoms with E-state index < -0.39 is 23.2 Å². The predicted octanol–water partition coefficient (Wildman–Crippen LogP) is 1.76. The topological polar surface area (TPSA) is 95.9 Å². The van der Waals surface area contributed by atoms with Gasteiger partial charge in [-0.2, -0.15) is 0 Å². The lowest BCUT2D eigenvalue weighted by Crippen LogP contribution is -2.57. The van der Waals surface area contributed by atoms with Crippen molar-refractivity contribution >= 4 is 18.0 Å². The van der Waals surface area contributed by atoms with Crippen LogP contribution in [-0.4, -0.2) is 52.2 Å². The zero-order valence-electron chi connectivity index (χ0n) is 13.8. The standard InChI is InChI=1S/C15H26N2O5/c1-5-6-7-11(18)17-9-8-15(10-17,12(19)20)16-13(21)22-14(2,3)4/h5-10H2,1-4H3,(H,16,21)(H,19,20). The third-order valence-corrected chi connectivity index (χ3v) is 3.52. The van der Waals surface area contributed by atoms with Crippen LogP contribution < -0.4 is 5.32 Å². The maximum Gasteiger partial charge on any atom is 0.408 e. The molecule has 22 heavy (non-hydrogen) atoms. The van der Waals surface area contributed by atoms with Gasteiger partial charge in [-0.1, -0.05) is 13.3 Å². The predicted molar refractivity (Wildman–Crippen MR) is 80.5 cm³/mol. The average Bonchev–Trinajstić information content (AvgIpc) is 2.79. The number of carboxylic acid groups (broad SMARTS) is 1. The normalized spacial score (nSPS) is 21.5. The summed E-state index contributed by atoms with van der Waals surface area (Å²) in [5.41, 5.74) is -2.18. The molecule has 0 aliphatic carbocycles. The Morgan fingerprint density at radius 2 is 1.95 bits per heavy atom. The lowest BCUT2D eigenvalue weighted by Gasteiger charge is -2.28. The number of carbonyl (C=O) groups excluding carboxylic acids is 2. The van der Waals surface area contributed by atoms with Crippen molar-refractivity contribution in [3.05, 3.63) is 0 Å². The fourth-order valence-corrected chi connectivity index (χ4v) is 2.34. The summed E-state index contributed by atoms with van der Waals surface area (Å²) in [7, 11) is 0. The van der Waals surface area contributed by atoms with Crippen molar-refractivity contribution in [2.45, 2.75) is 64.5 Å². The highest BCUT2D eigenvalue weighted by atomic mass is 16.6. The highest BCUT2D eigenvalue weighted by Gasteiger charge is 2.48. The quantitative estimate of drug-likeness (QED) is 0.806. The first kappa shape index (κ1) is 18.3. The van der Waals surface area contributed by atoms with E-state index in [-0.39, 0.29) is 18.9 Å². The molecule has 0 aromatic carbocycles. The van der Waals surface area contributed by atoms with Gasteiger partial charge in [-0.05, 0) is 27.2 Å². The SMILES string of the molecule is CCCCC(=O)N1CCC(NC(=O)OC(C)(C)C)(C(=O)O)C1. The maximum atomic E-state index is 12.0. The van der Waals surface area contributed by atoms with Crippen LogP contribution in [0.15, 0.2) is 0 Å². The Hall–Kier alpha value is -1.79. The monoisotopic (exact) mass is 314 g/mol. The van der Waals surface area contributed by atoms with E-state index in [4.69, 9.17) is 4.74 Å². The molecule has 126 valence electrons. The third kappa shape index (κ3) is 4.89. The van der Waals surface area contributed by atoms with Gasteiger partial charge in [0.1, 0.15) is 5.60 Å². The number of hydrogen-bond donors (Lipinski definition) is 2. The molecule has 0 aromatic rings. The molecule has 1 heterocycles. The maximum absolute atomic E-state index is 12.0. The molecular formula is C15H26N2O5. The van der Waals surface area contributed by atoms with Crippen LogP contribution in [0.4, 0.5) is 4.79 Å². The molecule has 1 aliphatic heterocycles. The molecule has 0 spiro atoms. The first-order valence-electron chi connectivity index (χ1n) is 7.62. The summed E-state index contributed by atoms with van der Waals surface area (Å²) in [5.74, 6) is -1.22. The summed E-state index contributed by atoms with van der Waals surface area (Å²) in [6.45, 7) is 7.40. The molecule has 7 nitrogen and oxygen atoms in total. The number of carboxylic acids is 1. The minimum atomic E-state index is -1.47. The van der Waals surface area contributed by atoms with Gasteiger partial charge in [-0.3, -0.25) is 4.79 Å². The number of unbranched alkanes of at least 4 members (excludes halogenated alkanes) is 1. The summed E-state index contributed by atoms with van der Waals surface area (Å²) in [6, 6.07) is 0. The van der Waals surface area contributed by atoms with E-state index in [9.17, 15) is 19.5 Å². The van der Waals surface area contributed by atoms with Crippen molar-refractivity contribution < 1.29 is 24.2 Å². The second-order valence-corrected chi connectivity index (χ2v) is 6.68. The number of nitrogens with one attached hydrogen (secondary N) is 1. The second-order valence-electron chi connectivity index (χ2n) is 6.68. The van der Waals surface area contributed by atoms with Crippen LogP contribution in [0.5, 0.6) is 0 Å². The molecule has 2 N–H and O–H groups in total. The molecule has 7 heteroatoms. The minimum Gasteiger partial charge on any atom is -0.479 e. The van der Waals surface area contributed by atoms with E-state index in [1.54, 1.807) is 20.8 Å². The van der Waals surface area contributed by atoms with Gasteiger partial charge in [-0.15, -0.1) is 0 Å². The molecule has 0 radical (unpaired) electrons. The third-order valence-electron chi connectivity index (χ3n) is 3.52. The van der Waals surface area contributed by atoms with Crippen LogP contribution in [-0.2, 0) is 14.3 Å². The summed E-state index contributed by atoms with van der Waals surface area (Å²) in [4.78, 5) is 37.0. The molecular weight excluding hydrogens is 288 g/mol. The van der Waals surface area contributed by atoms with Crippen molar-refractivity contribution in [2.24, 2.45) is 0 Å². The Balaban J connectivity index is 2.72. The Morgan fingerprint density at radius 3 is 2.45 bits per heavy atom. The van der Waals surface area contributed by atoms with E-state index >= 15 is 0 Å². The summed E-state index contributed by atoms with van der Waals surface area (Å²) in [5, 5.41) is 11.9. The summed E-state index contributed by atoms with van der Waals surface area (Å²) >= 11 is 0. The van der Waals surface area contributed by atoms with E-state index in [0.29, 0.717) is 13.0 Å². The smallest absolute Gasteiger partial charge is 0.408 e. The van der Waals surface area contributed by atoms with Crippen molar-refractivity contribution in [1.29, 1.82) is 0 Å². The van der Waals surface area contributed by atoms with Crippen LogP contribution in [0.2, 0.25) is 0 Å². The van der Waals surface area contributed by atoms with Gasteiger partial charge < -0.3 is 20.1 Å². The van der Waals surface area contributed by atoms with Gasteiger partial charge in [0.25, 0.3) is 0 Å². The molecule has 0 bridgehead atoms. The highest BCUT2D eigenvalue weighted by Crippen LogP contribution is 2.24. The minimum absolute atomic E-state index is 0.0237. The van der Waals surface area contributed by atoms with E-state index in [1.165, 1.54) is 4.90 Å². The van der Waals surface area contributed by atoms with E-state index in [0.717, 1.165) is 12.8 Å². The molecule has 1 rings (SSSR count). The van der Waals surface area contributed by atoms with Gasteiger partial charge in [0.05, 0.1) is 6.54 Å². The zero-order valence-corrected chi connectivity index (χ0v) is 13.8. The number of carbonyl (C=O) groups is 3. The van der Waals surface area contributed by atoms with Crippen LogP contribution >= 0.6 is 0 Å².